The zero-order valence-corrected chi connectivity index (χ0v) is 10.8. The Bertz CT molecular complexity index is 517. The number of rotatable bonds is 2. The minimum absolute atomic E-state index is 0.272. The largest absolute Gasteiger partial charge is 0.434 e. The second-order valence-corrected chi connectivity index (χ2v) is 5.57. The van der Waals surface area contributed by atoms with Crippen molar-refractivity contribution in [3.05, 3.63) is 29.6 Å². The van der Waals surface area contributed by atoms with Crippen LogP contribution in [0.2, 0.25) is 0 Å². The summed E-state index contributed by atoms with van der Waals surface area (Å²) in [5.74, 6) is -0.733. The summed E-state index contributed by atoms with van der Waals surface area (Å²) in [5.41, 5.74) is -1.35. The van der Waals surface area contributed by atoms with Crippen LogP contribution < -0.4 is 5.32 Å². The van der Waals surface area contributed by atoms with Crippen molar-refractivity contribution in [3.8, 4) is 0 Å². The lowest BCUT2D eigenvalue weighted by Gasteiger charge is -2.28. The summed E-state index contributed by atoms with van der Waals surface area (Å²) in [7, 11) is 0. The molecule has 1 aromatic rings. The van der Waals surface area contributed by atoms with Gasteiger partial charge >= 0.3 is 6.18 Å². The van der Waals surface area contributed by atoms with Crippen molar-refractivity contribution in [1.82, 2.24) is 10.3 Å². The maximum Gasteiger partial charge on any atom is 0.434 e. The fourth-order valence-electron chi connectivity index (χ4n) is 3.32. The summed E-state index contributed by atoms with van der Waals surface area (Å²) >= 11 is 0. The summed E-state index contributed by atoms with van der Waals surface area (Å²) in [5, 5.41) is 3.38. The van der Waals surface area contributed by atoms with Crippen molar-refractivity contribution >= 4 is 5.78 Å². The van der Waals surface area contributed by atoms with E-state index >= 15 is 0 Å². The van der Waals surface area contributed by atoms with Crippen molar-refractivity contribution in [2.24, 2.45) is 5.92 Å². The van der Waals surface area contributed by atoms with Crippen LogP contribution in [0.1, 0.15) is 41.7 Å². The molecule has 20 heavy (non-hydrogen) atoms. The molecule has 2 aliphatic rings. The molecule has 2 unspecified atom stereocenters. The Morgan fingerprint density at radius 1 is 1.25 bits per heavy atom. The molecule has 2 saturated heterocycles. The van der Waals surface area contributed by atoms with Crippen molar-refractivity contribution in [3.63, 3.8) is 0 Å². The molecule has 1 N–H and O–H groups in total. The molecule has 2 bridgehead atoms. The van der Waals surface area contributed by atoms with E-state index in [0.717, 1.165) is 19.0 Å². The summed E-state index contributed by atoms with van der Waals surface area (Å²) < 4.78 is 38.7. The highest BCUT2D eigenvalue weighted by atomic mass is 19.4. The predicted molar refractivity (Wildman–Crippen MR) is 66.2 cm³/mol. The van der Waals surface area contributed by atoms with Gasteiger partial charge in [0.05, 0.1) is 0 Å². The van der Waals surface area contributed by atoms with Crippen LogP contribution >= 0.6 is 0 Å². The Kier molecular flexibility index (Phi) is 3.28. The van der Waals surface area contributed by atoms with E-state index in [1.54, 1.807) is 0 Å². The first kappa shape index (κ1) is 13.5. The fourth-order valence-corrected chi connectivity index (χ4v) is 3.32. The van der Waals surface area contributed by atoms with Gasteiger partial charge in [-0.2, -0.15) is 13.2 Å². The van der Waals surface area contributed by atoms with E-state index in [1.807, 2.05) is 0 Å². The quantitative estimate of drug-likeness (QED) is 0.849. The number of alkyl halides is 3. The number of carbonyl (C=O) groups is 1. The van der Waals surface area contributed by atoms with E-state index in [4.69, 9.17) is 0 Å². The second kappa shape index (κ2) is 4.84. The van der Waals surface area contributed by atoms with Crippen molar-refractivity contribution < 1.29 is 18.0 Å². The number of hydrogen-bond donors (Lipinski definition) is 1. The number of nitrogens with one attached hydrogen (secondary N) is 1. The lowest BCUT2D eigenvalue weighted by molar-refractivity contribution is -0.141. The average Bonchev–Trinajstić information content (AvgIpc) is 2.75. The van der Waals surface area contributed by atoms with Gasteiger partial charge < -0.3 is 5.32 Å². The topological polar surface area (TPSA) is 42.0 Å². The molecule has 6 heteroatoms. The molecule has 0 saturated carbocycles. The summed E-state index contributed by atoms with van der Waals surface area (Å²) in [4.78, 5) is 15.8. The van der Waals surface area contributed by atoms with Gasteiger partial charge in [0.25, 0.3) is 0 Å². The maximum atomic E-state index is 12.9. The summed E-state index contributed by atoms with van der Waals surface area (Å²) in [6, 6.07) is 3.17. The molecule has 0 aliphatic carbocycles. The van der Waals surface area contributed by atoms with E-state index in [9.17, 15) is 18.0 Å². The molecule has 3 heterocycles. The summed E-state index contributed by atoms with van der Waals surface area (Å²) in [6.07, 6.45) is -0.242. The molecule has 2 fully saturated rings. The standard InChI is InChI=1S/C14H15F3N2O/c15-14(16,17)13-11(2-1-5-18-13)12(20)8-6-9-3-4-10(7-8)19-9/h1-2,5,8-10,19H,3-4,6-7H2. The van der Waals surface area contributed by atoms with E-state index in [1.165, 1.54) is 12.1 Å². The molecule has 2 atom stereocenters. The average molecular weight is 284 g/mol. The lowest BCUT2D eigenvalue weighted by Crippen LogP contribution is -2.40. The Balaban J connectivity index is 1.88. The van der Waals surface area contributed by atoms with Gasteiger partial charge in [0, 0.05) is 29.8 Å². The van der Waals surface area contributed by atoms with E-state index in [-0.39, 0.29) is 23.6 Å². The highest BCUT2D eigenvalue weighted by Crippen LogP contribution is 2.36. The van der Waals surface area contributed by atoms with Crippen LogP contribution in [-0.2, 0) is 6.18 Å². The molecule has 0 radical (unpaired) electrons. The van der Waals surface area contributed by atoms with Crippen LogP contribution in [0, 0.1) is 5.92 Å². The Hall–Kier alpha value is -1.43. The third kappa shape index (κ3) is 2.44. The lowest BCUT2D eigenvalue weighted by atomic mass is 9.85. The molecule has 1 aromatic heterocycles. The number of fused-ring (bicyclic) bond motifs is 2. The van der Waals surface area contributed by atoms with E-state index in [2.05, 4.69) is 10.3 Å². The maximum absolute atomic E-state index is 12.9. The molecular formula is C14H15F3N2O. The SMILES string of the molecule is O=C(c1cccnc1C(F)(F)F)C1CC2CCC(C1)N2. The summed E-state index contributed by atoms with van der Waals surface area (Å²) in [6.45, 7) is 0. The van der Waals surface area contributed by atoms with Gasteiger partial charge in [-0.1, -0.05) is 0 Å². The van der Waals surface area contributed by atoms with Crippen molar-refractivity contribution in [2.75, 3.05) is 0 Å². The zero-order valence-electron chi connectivity index (χ0n) is 10.8. The van der Waals surface area contributed by atoms with E-state index < -0.39 is 17.7 Å². The number of piperidine rings is 1. The number of halogens is 3. The molecule has 0 aromatic carbocycles. The van der Waals surface area contributed by atoms with Gasteiger partial charge in [0.1, 0.15) is 0 Å². The van der Waals surface area contributed by atoms with Gasteiger partial charge in [-0.05, 0) is 37.8 Å². The van der Waals surface area contributed by atoms with Gasteiger partial charge in [-0.25, -0.2) is 0 Å². The third-order valence-electron chi connectivity index (χ3n) is 4.19. The molecule has 108 valence electrons. The Labute approximate surface area is 114 Å². The zero-order chi connectivity index (χ0) is 14.3. The number of Topliss-reactive ketones (excluding diaryl/α,β-unsaturated/α-hetero) is 1. The van der Waals surface area contributed by atoms with Crippen molar-refractivity contribution in [2.45, 2.75) is 43.9 Å². The van der Waals surface area contributed by atoms with Crippen LogP contribution in [0.3, 0.4) is 0 Å². The van der Waals surface area contributed by atoms with Crippen LogP contribution in [0.15, 0.2) is 18.3 Å². The van der Waals surface area contributed by atoms with Crippen LogP contribution in [0.25, 0.3) is 0 Å². The fraction of sp³-hybridized carbons (Fsp3) is 0.571. The Morgan fingerprint density at radius 2 is 1.90 bits per heavy atom. The molecule has 0 amide bonds. The minimum atomic E-state index is -4.59. The van der Waals surface area contributed by atoms with Crippen molar-refractivity contribution in [1.29, 1.82) is 0 Å². The highest BCUT2D eigenvalue weighted by Gasteiger charge is 2.41. The van der Waals surface area contributed by atoms with Crippen LogP contribution in [-0.4, -0.2) is 22.9 Å². The van der Waals surface area contributed by atoms with Gasteiger partial charge in [-0.3, -0.25) is 9.78 Å². The molecular weight excluding hydrogens is 269 g/mol. The smallest absolute Gasteiger partial charge is 0.311 e. The third-order valence-corrected chi connectivity index (χ3v) is 4.19. The first-order chi connectivity index (χ1) is 9.45. The monoisotopic (exact) mass is 284 g/mol. The Morgan fingerprint density at radius 3 is 2.50 bits per heavy atom. The molecule has 2 aliphatic heterocycles. The predicted octanol–water partition coefficient (Wildman–Crippen LogP) is 2.81. The first-order valence-electron chi connectivity index (χ1n) is 6.77. The van der Waals surface area contributed by atoms with Crippen LogP contribution in [0.4, 0.5) is 13.2 Å². The first-order valence-corrected chi connectivity index (χ1v) is 6.77. The molecule has 3 nitrogen and oxygen atoms in total. The van der Waals surface area contributed by atoms with Gasteiger partial charge in [0.2, 0.25) is 0 Å². The number of hydrogen-bond acceptors (Lipinski definition) is 3. The van der Waals surface area contributed by atoms with Gasteiger partial charge in [0.15, 0.2) is 11.5 Å². The number of aromatic nitrogens is 1. The van der Waals surface area contributed by atoms with Gasteiger partial charge in [-0.15, -0.1) is 0 Å². The van der Waals surface area contributed by atoms with Crippen LogP contribution in [0.5, 0.6) is 0 Å². The normalized spacial score (nSPS) is 29.4. The number of nitrogens with zero attached hydrogens (tertiary/aromatic N) is 1. The second-order valence-electron chi connectivity index (χ2n) is 5.57. The minimum Gasteiger partial charge on any atom is -0.311 e. The number of pyridine rings is 1. The number of ketones is 1. The molecule has 0 spiro atoms. The van der Waals surface area contributed by atoms with E-state index in [0.29, 0.717) is 12.8 Å². The number of carbonyl (C=O) groups excluding carboxylic acids is 1. The highest BCUT2D eigenvalue weighted by molar-refractivity contribution is 5.99. The molecule has 3 rings (SSSR count).